The zero-order valence-corrected chi connectivity index (χ0v) is 11.8. The van der Waals surface area contributed by atoms with Crippen LogP contribution in [0.1, 0.15) is 5.56 Å². The molecule has 2 aromatic rings. The first-order valence-electron chi connectivity index (χ1n) is 5.41. The van der Waals surface area contributed by atoms with Crippen molar-refractivity contribution in [3.05, 3.63) is 51.1 Å². The molecule has 0 N–H and O–H groups in total. The number of anilines is 1. The largest absolute Gasteiger partial charge is 0.368 e. The van der Waals surface area contributed by atoms with Crippen LogP contribution < -0.4 is 10.5 Å². The first-order valence-corrected chi connectivity index (χ1v) is 6.20. The second-order valence-electron chi connectivity index (χ2n) is 3.98. The Labute approximate surface area is 113 Å². The molecule has 0 radical (unpaired) electrons. The maximum absolute atomic E-state index is 11.8. The van der Waals surface area contributed by atoms with Gasteiger partial charge in [0.05, 0.1) is 11.9 Å². The van der Waals surface area contributed by atoms with E-state index in [0.29, 0.717) is 11.0 Å². The minimum Gasteiger partial charge on any atom is -0.368 e. The number of aromatic nitrogens is 3. The molecule has 0 unspecified atom stereocenters. The van der Waals surface area contributed by atoms with E-state index in [4.69, 9.17) is 0 Å². The summed E-state index contributed by atoms with van der Waals surface area (Å²) in [5, 5.41) is 4.02. The molecule has 0 aliphatic carbocycles. The van der Waals surface area contributed by atoms with E-state index in [9.17, 15) is 4.79 Å². The zero-order valence-electron chi connectivity index (χ0n) is 10.2. The predicted molar refractivity (Wildman–Crippen MR) is 73.5 cm³/mol. The first-order chi connectivity index (χ1) is 8.59. The molecule has 0 aliphatic rings. The van der Waals surface area contributed by atoms with Crippen LogP contribution in [-0.2, 0) is 13.6 Å². The Balaban J connectivity index is 2.27. The molecular formula is C12H13BrN4O. The summed E-state index contributed by atoms with van der Waals surface area (Å²) in [6.07, 6.45) is 5.17. The molecule has 0 saturated carbocycles. The number of nitrogens with zero attached hydrogens (tertiary/aromatic N) is 4. The van der Waals surface area contributed by atoms with E-state index in [0.717, 1.165) is 11.3 Å². The molecule has 0 aromatic carbocycles. The maximum atomic E-state index is 11.8. The van der Waals surface area contributed by atoms with E-state index in [-0.39, 0.29) is 5.56 Å². The number of aryl methyl sites for hydroxylation is 1. The summed E-state index contributed by atoms with van der Waals surface area (Å²) >= 11 is 3.32. The van der Waals surface area contributed by atoms with Crippen LogP contribution in [0.3, 0.4) is 0 Å². The SMILES string of the molecule is CN(Cc1ccncc1)c1cnn(C)c(=O)c1Br. The molecule has 0 spiro atoms. The second-order valence-corrected chi connectivity index (χ2v) is 4.78. The lowest BCUT2D eigenvalue weighted by atomic mass is 10.2. The molecule has 2 heterocycles. The molecule has 0 atom stereocenters. The van der Waals surface area contributed by atoms with E-state index in [1.807, 2.05) is 24.1 Å². The van der Waals surface area contributed by atoms with E-state index in [1.54, 1.807) is 25.6 Å². The van der Waals surface area contributed by atoms with Gasteiger partial charge in [-0.25, -0.2) is 4.68 Å². The van der Waals surface area contributed by atoms with Gasteiger partial charge in [0.15, 0.2) is 0 Å². The Morgan fingerprint density at radius 1 is 1.39 bits per heavy atom. The Bertz CT molecular complexity index is 597. The van der Waals surface area contributed by atoms with Crippen LogP contribution >= 0.6 is 15.9 Å². The summed E-state index contributed by atoms with van der Waals surface area (Å²) in [7, 11) is 3.54. The topological polar surface area (TPSA) is 51.0 Å². The number of hydrogen-bond acceptors (Lipinski definition) is 4. The third kappa shape index (κ3) is 2.59. The lowest BCUT2D eigenvalue weighted by Gasteiger charge is -2.20. The monoisotopic (exact) mass is 308 g/mol. The normalized spacial score (nSPS) is 10.4. The van der Waals surface area contributed by atoms with Crippen molar-refractivity contribution in [2.45, 2.75) is 6.54 Å². The third-order valence-corrected chi connectivity index (χ3v) is 3.39. The molecule has 0 amide bonds. The maximum Gasteiger partial charge on any atom is 0.282 e. The quantitative estimate of drug-likeness (QED) is 0.864. The fourth-order valence-electron chi connectivity index (χ4n) is 1.62. The Hall–Kier alpha value is -1.69. The summed E-state index contributed by atoms with van der Waals surface area (Å²) in [6, 6.07) is 3.89. The second kappa shape index (κ2) is 5.30. The molecule has 2 rings (SSSR count). The molecule has 18 heavy (non-hydrogen) atoms. The van der Waals surface area contributed by atoms with Gasteiger partial charge in [-0.3, -0.25) is 9.78 Å². The number of rotatable bonds is 3. The number of halogens is 1. The Morgan fingerprint density at radius 3 is 2.72 bits per heavy atom. The predicted octanol–water partition coefficient (Wildman–Crippen LogP) is 1.57. The Kier molecular flexibility index (Phi) is 3.76. The van der Waals surface area contributed by atoms with Gasteiger partial charge in [0, 0.05) is 33.0 Å². The van der Waals surface area contributed by atoms with Crippen LogP contribution in [-0.4, -0.2) is 21.8 Å². The van der Waals surface area contributed by atoms with Gasteiger partial charge in [0.25, 0.3) is 5.56 Å². The summed E-state index contributed by atoms with van der Waals surface area (Å²) in [4.78, 5) is 17.7. The summed E-state index contributed by atoms with van der Waals surface area (Å²) < 4.78 is 1.82. The van der Waals surface area contributed by atoms with Gasteiger partial charge in [0.2, 0.25) is 0 Å². The van der Waals surface area contributed by atoms with Crippen LogP contribution in [0.2, 0.25) is 0 Å². The fraction of sp³-hybridized carbons (Fsp3) is 0.250. The molecule has 0 fully saturated rings. The minimum absolute atomic E-state index is 0.144. The van der Waals surface area contributed by atoms with Crippen LogP contribution in [0.4, 0.5) is 5.69 Å². The van der Waals surface area contributed by atoms with Crippen molar-refractivity contribution in [2.75, 3.05) is 11.9 Å². The molecule has 0 bridgehead atoms. The van der Waals surface area contributed by atoms with Crippen molar-refractivity contribution in [1.82, 2.24) is 14.8 Å². The van der Waals surface area contributed by atoms with E-state index in [2.05, 4.69) is 26.0 Å². The minimum atomic E-state index is -0.144. The third-order valence-electron chi connectivity index (χ3n) is 2.64. The summed E-state index contributed by atoms with van der Waals surface area (Å²) in [6.45, 7) is 0.690. The number of hydrogen-bond donors (Lipinski definition) is 0. The molecule has 2 aromatic heterocycles. The van der Waals surface area contributed by atoms with E-state index >= 15 is 0 Å². The standard InChI is InChI=1S/C12H13BrN4O/c1-16(8-9-3-5-14-6-4-9)10-7-15-17(2)12(18)11(10)13/h3-7H,8H2,1-2H3. The number of pyridine rings is 1. The van der Waals surface area contributed by atoms with Crippen molar-refractivity contribution in [3.63, 3.8) is 0 Å². The van der Waals surface area contributed by atoms with Crippen LogP contribution in [0, 0.1) is 0 Å². The average Bonchev–Trinajstić information content (AvgIpc) is 2.37. The average molecular weight is 309 g/mol. The molecule has 5 nitrogen and oxygen atoms in total. The van der Waals surface area contributed by atoms with Gasteiger partial charge in [-0.05, 0) is 33.6 Å². The lowest BCUT2D eigenvalue weighted by molar-refractivity contribution is 0.698. The van der Waals surface area contributed by atoms with Crippen LogP contribution in [0.5, 0.6) is 0 Å². The zero-order chi connectivity index (χ0) is 13.1. The summed E-state index contributed by atoms with van der Waals surface area (Å²) in [5.74, 6) is 0. The highest BCUT2D eigenvalue weighted by Crippen LogP contribution is 2.21. The van der Waals surface area contributed by atoms with E-state index in [1.165, 1.54) is 4.68 Å². The highest BCUT2D eigenvalue weighted by Gasteiger charge is 2.11. The lowest BCUT2D eigenvalue weighted by Crippen LogP contribution is -2.25. The van der Waals surface area contributed by atoms with Gasteiger partial charge in [-0.15, -0.1) is 0 Å². The van der Waals surface area contributed by atoms with Crippen molar-refractivity contribution in [2.24, 2.45) is 7.05 Å². The first kappa shape index (κ1) is 12.8. The fourth-order valence-corrected chi connectivity index (χ4v) is 2.28. The van der Waals surface area contributed by atoms with Gasteiger partial charge in [-0.2, -0.15) is 5.10 Å². The van der Waals surface area contributed by atoms with Crippen molar-refractivity contribution >= 4 is 21.6 Å². The van der Waals surface area contributed by atoms with Crippen molar-refractivity contribution in [3.8, 4) is 0 Å². The molecule has 0 aliphatic heterocycles. The molecule has 0 saturated heterocycles. The van der Waals surface area contributed by atoms with Gasteiger partial charge in [-0.1, -0.05) is 0 Å². The van der Waals surface area contributed by atoms with Gasteiger partial charge >= 0.3 is 0 Å². The highest BCUT2D eigenvalue weighted by molar-refractivity contribution is 9.10. The van der Waals surface area contributed by atoms with Gasteiger partial charge in [0.1, 0.15) is 4.47 Å². The molecular weight excluding hydrogens is 296 g/mol. The smallest absolute Gasteiger partial charge is 0.282 e. The molecule has 6 heteroatoms. The van der Waals surface area contributed by atoms with Crippen molar-refractivity contribution in [1.29, 1.82) is 0 Å². The van der Waals surface area contributed by atoms with Crippen LogP contribution in [0.25, 0.3) is 0 Å². The van der Waals surface area contributed by atoms with Crippen molar-refractivity contribution < 1.29 is 0 Å². The Morgan fingerprint density at radius 2 is 2.06 bits per heavy atom. The van der Waals surface area contributed by atoms with Gasteiger partial charge < -0.3 is 4.90 Å². The summed E-state index contributed by atoms with van der Waals surface area (Å²) in [5.41, 5.74) is 1.75. The van der Waals surface area contributed by atoms with E-state index < -0.39 is 0 Å². The highest BCUT2D eigenvalue weighted by atomic mass is 79.9. The van der Waals surface area contributed by atoms with Crippen LogP contribution in [0.15, 0.2) is 40.0 Å². The molecule has 94 valence electrons.